The fourth-order valence-electron chi connectivity index (χ4n) is 1.96. The summed E-state index contributed by atoms with van der Waals surface area (Å²) in [5.41, 5.74) is 1.11. The molecule has 1 aromatic rings. The standard InChI is InChI=1S/C16H23N3O2/c1-12(11-19(3)4)17-16(21)15(18-13(2)20)10-14-8-6-5-7-9-14/h5-10,12H,11H2,1-4H3,(H,17,21)(H,18,20)/b15-10-. The third-order valence-electron chi connectivity index (χ3n) is 2.68. The molecule has 0 heterocycles. The summed E-state index contributed by atoms with van der Waals surface area (Å²) in [6, 6.07) is 9.39. The molecular formula is C16H23N3O2. The van der Waals surface area contributed by atoms with Gasteiger partial charge in [-0.25, -0.2) is 0 Å². The molecule has 0 bridgehead atoms. The summed E-state index contributed by atoms with van der Waals surface area (Å²) in [5, 5.41) is 5.46. The zero-order valence-electron chi connectivity index (χ0n) is 13.0. The molecule has 0 aliphatic heterocycles. The first-order chi connectivity index (χ1) is 9.88. The number of nitrogens with zero attached hydrogens (tertiary/aromatic N) is 1. The SMILES string of the molecule is CC(=O)N/C(=C\c1ccccc1)C(=O)NC(C)CN(C)C. The topological polar surface area (TPSA) is 61.4 Å². The number of benzene rings is 1. The number of hydrogen-bond donors (Lipinski definition) is 2. The maximum Gasteiger partial charge on any atom is 0.268 e. The first-order valence-corrected chi connectivity index (χ1v) is 6.88. The number of likely N-dealkylation sites (N-methyl/N-ethyl adjacent to an activating group) is 1. The van der Waals surface area contributed by atoms with Crippen molar-refractivity contribution in [1.29, 1.82) is 0 Å². The van der Waals surface area contributed by atoms with Crippen LogP contribution in [0.5, 0.6) is 0 Å². The van der Waals surface area contributed by atoms with E-state index < -0.39 is 0 Å². The fraction of sp³-hybridized carbons (Fsp3) is 0.375. The Labute approximate surface area is 126 Å². The normalized spacial score (nSPS) is 12.9. The van der Waals surface area contributed by atoms with E-state index in [4.69, 9.17) is 0 Å². The average molecular weight is 289 g/mol. The van der Waals surface area contributed by atoms with Crippen molar-refractivity contribution in [1.82, 2.24) is 15.5 Å². The Morgan fingerprint density at radius 2 is 1.86 bits per heavy atom. The van der Waals surface area contributed by atoms with Crippen molar-refractivity contribution in [3.05, 3.63) is 41.6 Å². The molecule has 0 aliphatic carbocycles. The highest BCUT2D eigenvalue weighted by molar-refractivity contribution is 6.01. The van der Waals surface area contributed by atoms with Crippen molar-refractivity contribution < 1.29 is 9.59 Å². The summed E-state index contributed by atoms with van der Waals surface area (Å²) >= 11 is 0. The lowest BCUT2D eigenvalue weighted by atomic mass is 10.2. The van der Waals surface area contributed by atoms with E-state index in [1.807, 2.05) is 56.3 Å². The molecule has 0 aromatic heterocycles. The predicted octanol–water partition coefficient (Wildman–Crippen LogP) is 1.23. The van der Waals surface area contributed by atoms with Gasteiger partial charge in [-0.15, -0.1) is 0 Å². The number of carbonyl (C=O) groups excluding carboxylic acids is 2. The van der Waals surface area contributed by atoms with E-state index >= 15 is 0 Å². The van der Waals surface area contributed by atoms with Crippen molar-refractivity contribution in [3.8, 4) is 0 Å². The molecule has 1 unspecified atom stereocenters. The van der Waals surface area contributed by atoms with Crippen LogP contribution in [0.25, 0.3) is 6.08 Å². The molecule has 5 heteroatoms. The van der Waals surface area contributed by atoms with Gasteiger partial charge in [0.05, 0.1) is 0 Å². The number of rotatable bonds is 6. The zero-order valence-corrected chi connectivity index (χ0v) is 13.0. The molecule has 0 saturated heterocycles. The van der Waals surface area contributed by atoms with E-state index in [1.54, 1.807) is 6.08 Å². The van der Waals surface area contributed by atoms with Gasteiger partial charge in [-0.3, -0.25) is 9.59 Å². The molecule has 0 fully saturated rings. The fourth-order valence-corrected chi connectivity index (χ4v) is 1.96. The maximum absolute atomic E-state index is 12.3. The van der Waals surface area contributed by atoms with Crippen LogP contribution in [0.2, 0.25) is 0 Å². The third kappa shape index (κ3) is 6.72. The number of hydrogen-bond acceptors (Lipinski definition) is 3. The Bertz CT molecular complexity index is 510. The minimum atomic E-state index is -0.289. The second kappa shape index (κ2) is 8.21. The molecule has 2 N–H and O–H groups in total. The summed E-state index contributed by atoms with van der Waals surface area (Å²) in [6.45, 7) is 4.03. The monoisotopic (exact) mass is 289 g/mol. The Morgan fingerprint density at radius 3 is 2.38 bits per heavy atom. The highest BCUT2D eigenvalue weighted by atomic mass is 16.2. The lowest BCUT2D eigenvalue weighted by Gasteiger charge is -2.19. The lowest BCUT2D eigenvalue weighted by molar-refractivity contribution is -0.122. The Hall–Kier alpha value is -2.14. The summed E-state index contributed by atoms with van der Waals surface area (Å²) < 4.78 is 0. The average Bonchev–Trinajstić information content (AvgIpc) is 2.37. The molecule has 0 spiro atoms. The van der Waals surface area contributed by atoms with Gasteiger partial charge in [0.15, 0.2) is 0 Å². The van der Waals surface area contributed by atoms with E-state index in [1.165, 1.54) is 6.92 Å². The quantitative estimate of drug-likeness (QED) is 0.774. The maximum atomic E-state index is 12.3. The smallest absolute Gasteiger partial charge is 0.268 e. The first kappa shape index (κ1) is 16.9. The van der Waals surface area contributed by atoms with Gasteiger partial charge in [-0.1, -0.05) is 30.3 Å². The van der Waals surface area contributed by atoms with Crippen LogP contribution < -0.4 is 10.6 Å². The summed E-state index contributed by atoms with van der Waals surface area (Å²) in [4.78, 5) is 25.5. The highest BCUT2D eigenvalue weighted by Gasteiger charge is 2.14. The molecule has 1 rings (SSSR count). The summed E-state index contributed by atoms with van der Waals surface area (Å²) in [6.07, 6.45) is 1.67. The van der Waals surface area contributed by atoms with E-state index in [0.29, 0.717) is 0 Å². The van der Waals surface area contributed by atoms with Crippen LogP contribution in [0.1, 0.15) is 19.4 Å². The van der Waals surface area contributed by atoms with Crippen molar-refractivity contribution >= 4 is 17.9 Å². The van der Waals surface area contributed by atoms with Crippen LogP contribution >= 0.6 is 0 Å². The Kier molecular flexibility index (Phi) is 6.62. The van der Waals surface area contributed by atoms with E-state index in [9.17, 15) is 9.59 Å². The summed E-state index contributed by atoms with van der Waals surface area (Å²) in [7, 11) is 3.88. The van der Waals surface area contributed by atoms with Gasteiger partial charge in [0.2, 0.25) is 5.91 Å². The zero-order chi connectivity index (χ0) is 15.8. The Morgan fingerprint density at radius 1 is 1.24 bits per heavy atom. The third-order valence-corrected chi connectivity index (χ3v) is 2.68. The molecule has 2 amide bonds. The molecule has 0 radical (unpaired) electrons. The van der Waals surface area contributed by atoms with Crippen LogP contribution in [0.3, 0.4) is 0 Å². The Balaban J connectivity index is 2.85. The van der Waals surface area contributed by atoms with Crippen LogP contribution in [0.15, 0.2) is 36.0 Å². The van der Waals surface area contributed by atoms with E-state index in [0.717, 1.165) is 12.1 Å². The van der Waals surface area contributed by atoms with Crippen molar-refractivity contribution in [3.63, 3.8) is 0 Å². The molecule has 114 valence electrons. The van der Waals surface area contributed by atoms with Crippen LogP contribution in [-0.2, 0) is 9.59 Å². The number of nitrogens with one attached hydrogen (secondary N) is 2. The van der Waals surface area contributed by atoms with Crippen LogP contribution in [-0.4, -0.2) is 43.4 Å². The van der Waals surface area contributed by atoms with Gasteiger partial charge in [0.1, 0.15) is 5.70 Å². The minimum absolute atomic E-state index is 0.0135. The molecule has 0 aliphatic rings. The second-order valence-corrected chi connectivity index (χ2v) is 5.29. The second-order valence-electron chi connectivity index (χ2n) is 5.29. The van der Waals surface area contributed by atoms with Crippen molar-refractivity contribution in [2.24, 2.45) is 0 Å². The minimum Gasteiger partial charge on any atom is -0.347 e. The predicted molar refractivity (Wildman–Crippen MR) is 84.4 cm³/mol. The van der Waals surface area contributed by atoms with Gasteiger partial charge in [0.25, 0.3) is 5.91 Å². The van der Waals surface area contributed by atoms with Crippen LogP contribution in [0, 0.1) is 0 Å². The summed E-state index contributed by atoms with van der Waals surface area (Å²) in [5.74, 6) is -0.559. The van der Waals surface area contributed by atoms with Gasteiger partial charge >= 0.3 is 0 Å². The molecule has 5 nitrogen and oxygen atoms in total. The highest BCUT2D eigenvalue weighted by Crippen LogP contribution is 2.05. The van der Waals surface area contributed by atoms with Gasteiger partial charge in [-0.05, 0) is 32.7 Å². The van der Waals surface area contributed by atoms with Gasteiger partial charge < -0.3 is 15.5 Å². The molecule has 1 aromatic carbocycles. The molecular weight excluding hydrogens is 266 g/mol. The van der Waals surface area contributed by atoms with Crippen molar-refractivity contribution in [2.75, 3.05) is 20.6 Å². The first-order valence-electron chi connectivity index (χ1n) is 6.88. The lowest BCUT2D eigenvalue weighted by Crippen LogP contribution is -2.42. The number of carbonyl (C=O) groups is 2. The van der Waals surface area contributed by atoms with E-state index in [-0.39, 0.29) is 23.6 Å². The molecule has 0 saturated carbocycles. The van der Waals surface area contributed by atoms with E-state index in [2.05, 4.69) is 10.6 Å². The van der Waals surface area contributed by atoms with Crippen molar-refractivity contribution in [2.45, 2.75) is 19.9 Å². The molecule has 1 atom stereocenters. The van der Waals surface area contributed by atoms with Crippen LogP contribution in [0.4, 0.5) is 0 Å². The van der Waals surface area contributed by atoms with Gasteiger partial charge in [0, 0.05) is 19.5 Å². The largest absolute Gasteiger partial charge is 0.347 e. The number of amides is 2. The molecule has 21 heavy (non-hydrogen) atoms. The van der Waals surface area contributed by atoms with Gasteiger partial charge in [-0.2, -0.15) is 0 Å².